The maximum Gasteiger partial charge on any atom is 0.285 e. The number of nitro benzene ring substituents is 1. The highest BCUT2D eigenvalue weighted by atomic mass is 16.6. The number of nitro groups is 1. The van der Waals surface area contributed by atoms with Crippen molar-refractivity contribution < 1.29 is 14.8 Å². The number of anilines is 1. The van der Waals surface area contributed by atoms with Gasteiger partial charge in [-0.1, -0.05) is 18.2 Å². The summed E-state index contributed by atoms with van der Waals surface area (Å²) in [6, 6.07) is 10.7. The number of aryl methyl sites for hydroxylation is 1. The molecule has 0 saturated carbocycles. The molecule has 0 radical (unpaired) electrons. The number of amides is 1. The first-order valence-corrected chi connectivity index (χ1v) is 6.23. The van der Waals surface area contributed by atoms with Gasteiger partial charge in [0.1, 0.15) is 11.3 Å². The molecule has 0 atom stereocenters. The van der Waals surface area contributed by atoms with Crippen LogP contribution >= 0.6 is 0 Å². The van der Waals surface area contributed by atoms with Crippen molar-refractivity contribution in [1.29, 1.82) is 0 Å². The van der Waals surface area contributed by atoms with E-state index in [9.17, 15) is 20.0 Å². The average Bonchev–Trinajstić information content (AvgIpc) is 2.45. The van der Waals surface area contributed by atoms with Gasteiger partial charge in [-0.05, 0) is 25.1 Å². The summed E-state index contributed by atoms with van der Waals surface area (Å²) in [5.41, 5.74) is 0.700. The lowest BCUT2D eigenvalue weighted by molar-refractivity contribution is -0.385. The van der Waals surface area contributed by atoms with Crippen molar-refractivity contribution in [2.45, 2.75) is 6.92 Å². The van der Waals surface area contributed by atoms with Crippen molar-refractivity contribution >= 4 is 17.3 Å². The minimum atomic E-state index is -0.557. The highest BCUT2D eigenvalue weighted by Crippen LogP contribution is 2.27. The summed E-state index contributed by atoms with van der Waals surface area (Å²) in [7, 11) is 1.50. The van der Waals surface area contributed by atoms with Crippen LogP contribution in [0.5, 0.6) is 5.75 Å². The highest BCUT2D eigenvalue weighted by Gasteiger charge is 2.25. The highest BCUT2D eigenvalue weighted by molar-refractivity contribution is 6.08. The van der Waals surface area contributed by atoms with Gasteiger partial charge in [-0.25, -0.2) is 0 Å². The van der Waals surface area contributed by atoms with Crippen LogP contribution in [0.25, 0.3) is 0 Å². The molecule has 6 heteroatoms. The molecule has 1 N–H and O–H groups in total. The van der Waals surface area contributed by atoms with Gasteiger partial charge in [-0.15, -0.1) is 0 Å². The molecule has 1 amide bonds. The van der Waals surface area contributed by atoms with Gasteiger partial charge in [0.25, 0.3) is 11.6 Å². The van der Waals surface area contributed by atoms with E-state index in [2.05, 4.69) is 0 Å². The molecule has 108 valence electrons. The second-order valence-electron chi connectivity index (χ2n) is 4.61. The van der Waals surface area contributed by atoms with Crippen LogP contribution in [0.1, 0.15) is 15.9 Å². The second kappa shape index (κ2) is 5.62. The Balaban J connectivity index is 2.45. The number of hydrogen-bond acceptors (Lipinski definition) is 4. The van der Waals surface area contributed by atoms with Crippen molar-refractivity contribution in [3.63, 3.8) is 0 Å². The van der Waals surface area contributed by atoms with Crippen LogP contribution in [0.4, 0.5) is 11.4 Å². The van der Waals surface area contributed by atoms with Gasteiger partial charge >= 0.3 is 0 Å². The van der Waals surface area contributed by atoms with E-state index in [1.807, 2.05) is 0 Å². The molecule has 0 heterocycles. The Hall–Kier alpha value is -2.89. The Morgan fingerprint density at radius 1 is 1.24 bits per heavy atom. The van der Waals surface area contributed by atoms with Gasteiger partial charge in [0.2, 0.25) is 0 Å². The van der Waals surface area contributed by atoms with Gasteiger partial charge < -0.3 is 10.0 Å². The lowest BCUT2D eigenvalue weighted by Gasteiger charge is -2.17. The number of carbonyl (C=O) groups excluding carboxylic acids is 1. The minimum absolute atomic E-state index is 0.0193. The Morgan fingerprint density at radius 3 is 2.52 bits per heavy atom. The predicted molar refractivity (Wildman–Crippen MR) is 78.7 cm³/mol. The lowest BCUT2D eigenvalue weighted by Crippen LogP contribution is -2.27. The van der Waals surface area contributed by atoms with E-state index >= 15 is 0 Å². The number of nitrogens with zero attached hydrogens (tertiary/aromatic N) is 2. The van der Waals surface area contributed by atoms with E-state index in [-0.39, 0.29) is 17.0 Å². The fourth-order valence-corrected chi connectivity index (χ4v) is 2.07. The number of hydrogen-bond donors (Lipinski definition) is 1. The third kappa shape index (κ3) is 2.84. The zero-order chi connectivity index (χ0) is 15.6. The normalized spacial score (nSPS) is 10.2. The van der Waals surface area contributed by atoms with Crippen LogP contribution < -0.4 is 4.90 Å². The van der Waals surface area contributed by atoms with Crippen LogP contribution in [0.3, 0.4) is 0 Å². The van der Waals surface area contributed by atoms with Crippen molar-refractivity contribution in [3.8, 4) is 5.75 Å². The molecule has 21 heavy (non-hydrogen) atoms. The molecule has 0 fully saturated rings. The lowest BCUT2D eigenvalue weighted by atomic mass is 10.1. The molecule has 0 bridgehead atoms. The number of benzene rings is 2. The fraction of sp³-hybridized carbons (Fsp3) is 0.133. The van der Waals surface area contributed by atoms with E-state index in [1.165, 1.54) is 30.1 Å². The molecule has 0 aliphatic heterocycles. The second-order valence-corrected chi connectivity index (χ2v) is 4.61. The van der Waals surface area contributed by atoms with E-state index < -0.39 is 10.8 Å². The zero-order valence-electron chi connectivity index (χ0n) is 11.6. The van der Waals surface area contributed by atoms with Gasteiger partial charge in [0.05, 0.1) is 4.92 Å². The summed E-state index contributed by atoms with van der Waals surface area (Å²) in [6.45, 7) is 1.59. The Kier molecular flexibility index (Phi) is 3.89. The van der Waals surface area contributed by atoms with Crippen LogP contribution in [0.2, 0.25) is 0 Å². The molecule has 0 aliphatic carbocycles. The molecular formula is C15H14N2O4. The van der Waals surface area contributed by atoms with E-state index in [4.69, 9.17) is 0 Å². The number of phenols is 1. The van der Waals surface area contributed by atoms with Crippen LogP contribution in [-0.4, -0.2) is 23.0 Å². The number of carbonyl (C=O) groups is 1. The monoisotopic (exact) mass is 286 g/mol. The fourth-order valence-electron chi connectivity index (χ4n) is 2.07. The molecule has 0 saturated heterocycles. The van der Waals surface area contributed by atoms with Gasteiger partial charge in [-0.2, -0.15) is 0 Å². The quantitative estimate of drug-likeness (QED) is 0.694. The summed E-state index contributed by atoms with van der Waals surface area (Å²) in [5, 5.41) is 20.6. The summed E-state index contributed by atoms with van der Waals surface area (Å²) in [4.78, 5) is 24.3. The molecule has 6 nitrogen and oxygen atoms in total. The maximum absolute atomic E-state index is 12.5. The maximum atomic E-state index is 12.5. The van der Waals surface area contributed by atoms with E-state index in [1.54, 1.807) is 31.2 Å². The standard InChI is InChI=1S/C15H14N2O4/c1-10-5-3-8-13(14(10)17(20)21)15(19)16(2)11-6-4-7-12(18)9-11/h3-9,18H,1-2H3. The largest absolute Gasteiger partial charge is 0.508 e. The van der Waals surface area contributed by atoms with Crippen molar-refractivity contribution in [3.05, 3.63) is 63.7 Å². The van der Waals surface area contributed by atoms with Crippen LogP contribution in [0.15, 0.2) is 42.5 Å². The molecule has 0 unspecified atom stereocenters. The molecule has 0 aromatic heterocycles. The third-order valence-electron chi connectivity index (χ3n) is 3.17. The molecule has 2 aromatic carbocycles. The van der Waals surface area contributed by atoms with Crippen LogP contribution in [-0.2, 0) is 0 Å². The summed E-state index contributed by atoms with van der Waals surface area (Å²) in [5.74, 6) is -0.484. The van der Waals surface area contributed by atoms with Crippen molar-refractivity contribution in [2.24, 2.45) is 0 Å². The number of phenolic OH excluding ortho intramolecular Hbond substituents is 1. The van der Waals surface area contributed by atoms with Gasteiger partial charge in [0, 0.05) is 24.4 Å². The molecule has 2 rings (SSSR count). The Bertz CT molecular complexity index is 713. The third-order valence-corrected chi connectivity index (χ3v) is 3.17. The van der Waals surface area contributed by atoms with Crippen LogP contribution in [0, 0.1) is 17.0 Å². The van der Waals surface area contributed by atoms with Gasteiger partial charge in [-0.3, -0.25) is 14.9 Å². The van der Waals surface area contributed by atoms with E-state index in [0.29, 0.717) is 11.3 Å². The zero-order valence-corrected chi connectivity index (χ0v) is 11.6. The molecule has 0 aliphatic rings. The van der Waals surface area contributed by atoms with Crippen molar-refractivity contribution in [2.75, 3.05) is 11.9 Å². The first-order valence-electron chi connectivity index (χ1n) is 6.23. The number of para-hydroxylation sites is 1. The summed E-state index contributed by atoms with van der Waals surface area (Å²) < 4.78 is 0. The number of aromatic hydroxyl groups is 1. The number of rotatable bonds is 3. The topological polar surface area (TPSA) is 83.7 Å². The molecule has 2 aromatic rings. The predicted octanol–water partition coefficient (Wildman–Crippen LogP) is 2.89. The first kappa shape index (κ1) is 14.5. The summed E-state index contributed by atoms with van der Waals surface area (Å²) in [6.07, 6.45) is 0. The Labute approximate surface area is 121 Å². The van der Waals surface area contributed by atoms with E-state index in [0.717, 1.165) is 0 Å². The SMILES string of the molecule is Cc1cccc(C(=O)N(C)c2cccc(O)c2)c1[N+](=O)[O-]. The molecule has 0 spiro atoms. The smallest absolute Gasteiger partial charge is 0.285 e. The summed E-state index contributed by atoms with van der Waals surface area (Å²) >= 11 is 0. The minimum Gasteiger partial charge on any atom is -0.508 e. The van der Waals surface area contributed by atoms with Gasteiger partial charge in [0.15, 0.2) is 0 Å². The average molecular weight is 286 g/mol. The molecular weight excluding hydrogens is 272 g/mol. The van der Waals surface area contributed by atoms with Crippen molar-refractivity contribution in [1.82, 2.24) is 0 Å². The Morgan fingerprint density at radius 2 is 1.90 bits per heavy atom. The first-order chi connectivity index (χ1) is 9.91.